The van der Waals surface area contributed by atoms with Crippen molar-refractivity contribution in [1.82, 2.24) is 4.90 Å². The van der Waals surface area contributed by atoms with Gasteiger partial charge in [-0.25, -0.2) is 0 Å². The van der Waals surface area contributed by atoms with Gasteiger partial charge in [0.25, 0.3) is 5.91 Å². The summed E-state index contributed by atoms with van der Waals surface area (Å²) < 4.78 is 0. The molecule has 1 heterocycles. The van der Waals surface area contributed by atoms with Crippen LogP contribution in [0.25, 0.3) is 0 Å². The first-order chi connectivity index (χ1) is 5.55. The van der Waals surface area contributed by atoms with Crippen LogP contribution in [0.15, 0.2) is 0 Å². The van der Waals surface area contributed by atoms with Crippen LogP contribution in [0.3, 0.4) is 0 Å². The quantitative estimate of drug-likeness (QED) is 0.495. The number of rotatable bonds is 0. The minimum Gasteiger partial charge on any atom is -0.331 e. The Hall–Kier alpha value is -0.970. The zero-order valence-corrected chi connectivity index (χ0v) is 7.98. The number of nitrogens with zero attached hydrogens (tertiary/aromatic N) is 1. The molecule has 1 rings (SSSR count). The van der Waals surface area contributed by atoms with Gasteiger partial charge in [0, 0.05) is 13.1 Å². The summed E-state index contributed by atoms with van der Waals surface area (Å²) in [7, 11) is 0. The molecule has 0 aromatic carbocycles. The van der Waals surface area contributed by atoms with E-state index in [-0.39, 0.29) is 11.3 Å². The van der Waals surface area contributed by atoms with E-state index in [0.29, 0.717) is 0 Å². The van der Waals surface area contributed by atoms with E-state index in [4.69, 9.17) is 0 Å². The van der Waals surface area contributed by atoms with Crippen molar-refractivity contribution in [2.45, 2.75) is 27.2 Å². The molecular weight excluding hydrogens is 150 g/mol. The van der Waals surface area contributed by atoms with E-state index < -0.39 is 0 Å². The highest BCUT2D eigenvalue weighted by molar-refractivity contribution is 5.93. The van der Waals surface area contributed by atoms with Crippen LogP contribution >= 0.6 is 0 Å². The summed E-state index contributed by atoms with van der Waals surface area (Å²) in [6, 6.07) is 0. The lowest BCUT2D eigenvalue weighted by atomic mass is 9.93. The normalized spacial score (nSPS) is 20.1. The van der Waals surface area contributed by atoms with Gasteiger partial charge in [-0.15, -0.1) is 0 Å². The second-order valence-corrected chi connectivity index (χ2v) is 4.02. The predicted molar refractivity (Wildman–Crippen MR) is 48.4 cm³/mol. The van der Waals surface area contributed by atoms with Crippen molar-refractivity contribution in [3.8, 4) is 11.8 Å². The van der Waals surface area contributed by atoms with Gasteiger partial charge in [0.05, 0.1) is 0 Å². The molecule has 0 N–H and O–H groups in total. The summed E-state index contributed by atoms with van der Waals surface area (Å²) in [5, 5.41) is 0. The van der Waals surface area contributed by atoms with Crippen LogP contribution in [-0.4, -0.2) is 23.9 Å². The topological polar surface area (TPSA) is 20.3 Å². The molecule has 1 fully saturated rings. The first kappa shape index (κ1) is 9.12. The molecule has 0 unspecified atom stereocenters. The Balaban J connectivity index is 2.56. The van der Waals surface area contributed by atoms with Gasteiger partial charge in [-0.1, -0.05) is 19.8 Å². The summed E-state index contributed by atoms with van der Waals surface area (Å²) >= 11 is 0. The summed E-state index contributed by atoms with van der Waals surface area (Å²) in [5.41, 5.74) is 0.283. The first-order valence-electron chi connectivity index (χ1n) is 4.27. The molecule has 0 aromatic heterocycles. The number of carbonyl (C=O) groups excluding carboxylic acids is 1. The highest BCUT2D eigenvalue weighted by Gasteiger charge is 2.31. The molecule has 0 aliphatic carbocycles. The Morgan fingerprint density at radius 3 is 2.58 bits per heavy atom. The lowest BCUT2D eigenvalue weighted by Crippen LogP contribution is -2.28. The van der Waals surface area contributed by atoms with Crippen molar-refractivity contribution >= 4 is 5.91 Å². The van der Waals surface area contributed by atoms with Crippen LogP contribution in [0.4, 0.5) is 0 Å². The van der Waals surface area contributed by atoms with Gasteiger partial charge in [0.15, 0.2) is 0 Å². The number of hydrogen-bond donors (Lipinski definition) is 0. The fourth-order valence-corrected chi connectivity index (χ4v) is 1.47. The number of likely N-dealkylation sites (tertiary alicyclic amines) is 1. The number of hydrogen-bond acceptors (Lipinski definition) is 1. The molecule has 0 spiro atoms. The van der Waals surface area contributed by atoms with Crippen LogP contribution in [0.2, 0.25) is 0 Å². The summed E-state index contributed by atoms with van der Waals surface area (Å²) in [6.07, 6.45) is 1.09. The maximum atomic E-state index is 11.3. The summed E-state index contributed by atoms with van der Waals surface area (Å²) in [6.45, 7) is 7.76. The lowest BCUT2D eigenvalue weighted by Gasteiger charge is -2.17. The monoisotopic (exact) mass is 165 g/mol. The van der Waals surface area contributed by atoms with E-state index in [1.807, 2.05) is 4.90 Å². The van der Waals surface area contributed by atoms with E-state index in [1.165, 1.54) is 0 Å². The molecular formula is C10H15NO. The number of carbonyl (C=O) groups is 1. The number of amides is 1. The van der Waals surface area contributed by atoms with E-state index >= 15 is 0 Å². The third-order valence-electron chi connectivity index (χ3n) is 2.20. The van der Waals surface area contributed by atoms with E-state index in [2.05, 4.69) is 25.7 Å². The largest absolute Gasteiger partial charge is 0.331 e. The van der Waals surface area contributed by atoms with Crippen LogP contribution in [0.1, 0.15) is 27.2 Å². The van der Waals surface area contributed by atoms with Crippen molar-refractivity contribution in [2.24, 2.45) is 5.41 Å². The van der Waals surface area contributed by atoms with E-state index in [0.717, 1.165) is 19.5 Å². The van der Waals surface area contributed by atoms with Gasteiger partial charge in [-0.05, 0) is 24.7 Å². The van der Waals surface area contributed by atoms with Crippen molar-refractivity contribution in [1.29, 1.82) is 0 Å². The Kier molecular flexibility index (Phi) is 2.42. The highest BCUT2D eigenvalue weighted by atomic mass is 16.2. The minimum atomic E-state index is -0.0249. The second-order valence-electron chi connectivity index (χ2n) is 4.02. The summed E-state index contributed by atoms with van der Waals surface area (Å²) in [5.74, 6) is 5.17. The Labute approximate surface area is 73.9 Å². The summed E-state index contributed by atoms with van der Waals surface area (Å²) in [4.78, 5) is 13.1. The Bertz CT molecular complexity index is 244. The van der Waals surface area contributed by atoms with Crippen LogP contribution < -0.4 is 0 Å². The first-order valence-corrected chi connectivity index (χ1v) is 4.27. The van der Waals surface area contributed by atoms with Gasteiger partial charge in [0.1, 0.15) is 0 Å². The van der Waals surface area contributed by atoms with Crippen LogP contribution in [0.5, 0.6) is 0 Å². The molecule has 66 valence electrons. The molecule has 1 aliphatic heterocycles. The van der Waals surface area contributed by atoms with Gasteiger partial charge < -0.3 is 4.90 Å². The maximum absolute atomic E-state index is 11.3. The fraction of sp³-hybridized carbons (Fsp3) is 0.700. The zero-order valence-electron chi connectivity index (χ0n) is 7.98. The van der Waals surface area contributed by atoms with Crippen molar-refractivity contribution in [3.63, 3.8) is 0 Å². The lowest BCUT2D eigenvalue weighted by molar-refractivity contribution is -0.124. The molecule has 0 radical (unpaired) electrons. The van der Waals surface area contributed by atoms with Crippen molar-refractivity contribution in [2.75, 3.05) is 13.1 Å². The van der Waals surface area contributed by atoms with Crippen molar-refractivity contribution in [3.05, 3.63) is 0 Å². The van der Waals surface area contributed by atoms with Gasteiger partial charge >= 0.3 is 0 Å². The molecule has 1 aliphatic rings. The third kappa shape index (κ3) is 2.01. The fourth-order valence-electron chi connectivity index (χ4n) is 1.47. The molecule has 0 bridgehead atoms. The second kappa shape index (κ2) is 3.18. The zero-order chi connectivity index (χ0) is 9.19. The average Bonchev–Trinajstić information content (AvgIpc) is 2.31. The molecule has 1 amide bonds. The molecule has 0 saturated carbocycles. The van der Waals surface area contributed by atoms with Crippen LogP contribution in [-0.2, 0) is 4.79 Å². The van der Waals surface area contributed by atoms with E-state index in [9.17, 15) is 4.79 Å². The molecule has 2 heteroatoms. The average molecular weight is 165 g/mol. The Morgan fingerprint density at radius 2 is 2.17 bits per heavy atom. The van der Waals surface area contributed by atoms with Gasteiger partial charge in [-0.2, -0.15) is 0 Å². The molecule has 2 nitrogen and oxygen atoms in total. The SMILES string of the molecule is CC#CC(=O)N1CCC(C)(C)C1. The molecule has 0 atom stereocenters. The van der Waals surface area contributed by atoms with E-state index in [1.54, 1.807) is 6.92 Å². The third-order valence-corrected chi connectivity index (χ3v) is 2.20. The molecule has 0 aromatic rings. The van der Waals surface area contributed by atoms with Crippen molar-refractivity contribution < 1.29 is 4.79 Å². The molecule has 1 saturated heterocycles. The minimum absolute atomic E-state index is 0.0249. The van der Waals surface area contributed by atoms with Crippen LogP contribution in [0, 0.1) is 17.3 Å². The maximum Gasteiger partial charge on any atom is 0.298 e. The highest BCUT2D eigenvalue weighted by Crippen LogP contribution is 2.28. The predicted octanol–water partition coefficient (Wildman–Crippen LogP) is 1.27. The molecule has 12 heavy (non-hydrogen) atoms. The Morgan fingerprint density at radius 1 is 1.50 bits per heavy atom. The van der Waals surface area contributed by atoms with Gasteiger partial charge in [-0.3, -0.25) is 4.79 Å². The van der Waals surface area contributed by atoms with Gasteiger partial charge in [0.2, 0.25) is 0 Å². The smallest absolute Gasteiger partial charge is 0.298 e. The standard InChI is InChI=1S/C10H15NO/c1-4-5-9(12)11-7-6-10(2,3)8-11/h6-8H2,1-3H3.